The minimum absolute atomic E-state index is 0.0683. The highest BCUT2D eigenvalue weighted by Gasteiger charge is 2.35. The van der Waals surface area contributed by atoms with Gasteiger partial charge in [0.05, 0.1) is 0 Å². The van der Waals surface area contributed by atoms with Gasteiger partial charge < -0.3 is 4.74 Å². The number of benzene rings is 5. The number of halogens is 11. The Bertz CT molecular complexity index is 1850. The minimum Gasteiger partial charge on any atom is -0.405 e. The van der Waals surface area contributed by atoms with E-state index in [9.17, 15) is 26.3 Å². The van der Waals surface area contributed by atoms with Gasteiger partial charge in [-0.2, -0.15) is 0 Å². The molecule has 0 aromatic heterocycles. The van der Waals surface area contributed by atoms with Gasteiger partial charge in [0, 0.05) is 55.6 Å². The second-order valence-corrected chi connectivity index (χ2v) is 9.99. The maximum Gasteiger partial charge on any atom is 0.573 e. The molecule has 0 atom stereocenters. The van der Waals surface area contributed by atoms with Crippen LogP contribution < -0.4 is 4.74 Å². The lowest BCUT2D eigenvalue weighted by atomic mass is 9.83. The van der Waals surface area contributed by atoms with E-state index in [0.29, 0.717) is 24.3 Å². The van der Waals surface area contributed by atoms with Crippen molar-refractivity contribution in [1.29, 1.82) is 0 Å². The molecule has 0 bridgehead atoms. The van der Waals surface area contributed by atoms with E-state index in [-0.39, 0.29) is 15.6 Å². The Labute approximate surface area is 247 Å². The quantitative estimate of drug-likeness (QED) is 0.173. The largest absolute Gasteiger partial charge is 0.573 e. The number of hydrogen-bond acceptors (Lipinski definition) is 1. The molecular formula is C31H13Cl2F9O. The van der Waals surface area contributed by atoms with Crippen LogP contribution >= 0.6 is 23.2 Å². The van der Waals surface area contributed by atoms with E-state index in [4.69, 9.17) is 23.2 Å². The molecular weight excluding hydrogens is 630 g/mol. The predicted octanol–water partition coefficient (Wildman–Crippen LogP) is 11.4. The fourth-order valence-electron chi connectivity index (χ4n) is 4.71. The van der Waals surface area contributed by atoms with Gasteiger partial charge in [0.25, 0.3) is 0 Å². The van der Waals surface area contributed by atoms with Gasteiger partial charge >= 0.3 is 6.36 Å². The Morgan fingerprint density at radius 2 is 1.05 bits per heavy atom. The molecule has 0 saturated heterocycles. The summed E-state index contributed by atoms with van der Waals surface area (Å²) in [6, 6.07) is 11.2. The second-order valence-electron chi connectivity index (χ2n) is 9.11. The summed E-state index contributed by atoms with van der Waals surface area (Å²) in [7, 11) is 0. The van der Waals surface area contributed by atoms with Gasteiger partial charge in [-0.3, -0.25) is 0 Å². The molecule has 1 nitrogen and oxygen atoms in total. The van der Waals surface area contributed by atoms with Gasteiger partial charge in [-0.25, -0.2) is 26.3 Å². The molecule has 0 aliphatic rings. The van der Waals surface area contributed by atoms with Crippen molar-refractivity contribution >= 4 is 23.2 Å². The number of rotatable bonds is 5. The molecule has 0 amide bonds. The van der Waals surface area contributed by atoms with Gasteiger partial charge in [0.2, 0.25) is 0 Å². The molecule has 0 saturated carbocycles. The van der Waals surface area contributed by atoms with Crippen LogP contribution in [0, 0.1) is 34.9 Å². The molecule has 0 heterocycles. The van der Waals surface area contributed by atoms with Crippen LogP contribution in [0.25, 0.3) is 44.5 Å². The van der Waals surface area contributed by atoms with E-state index < -0.39 is 86.0 Å². The van der Waals surface area contributed by atoms with E-state index in [1.807, 2.05) is 0 Å². The third-order valence-corrected chi connectivity index (χ3v) is 6.70. The molecule has 0 unspecified atom stereocenters. The number of alkyl halides is 3. The SMILES string of the molecule is Fc1cc(F)cc(-c2c(F)c(-c3ccccc3OC(F)(F)F)c(-c3ccc(F)cc3F)c(F)c2-c2cc(Cl)cc(Cl)c2)c1. The molecule has 0 N–H and O–H groups in total. The first-order chi connectivity index (χ1) is 20.2. The lowest BCUT2D eigenvalue weighted by Gasteiger charge is -2.23. The van der Waals surface area contributed by atoms with Crippen LogP contribution in [0.3, 0.4) is 0 Å². The minimum atomic E-state index is -5.29. The van der Waals surface area contributed by atoms with Crippen molar-refractivity contribution in [2.45, 2.75) is 6.36 Å². The zero-order valence-electron chi connectivity index (χ0n) is 21.1. The maximum atomic E-state index is 17.0. The summed E-state index contributed by atoms with van der Waals surface area (Å²) in [5.74, 6) is -8.85. The van der Waals surface area contributed by atoms with Crippen LogP contribution in [0.4, 0.5) is 39.5 Å². The van der Waals surface area contributed by atoms with Gasteiger partial charge in [-0.1, -0.05) is 41.4 Å². The van der Waals surface area contributed by atoms with Crippen LogP contribution in [-0.4, -0.2) is 6.36 Å². The lowest BCUT2D eigenvalue weighted by molar-refractivity contribution is -0.274. The summed E-state index contributed by atoms with van der Waals surface area (Å²) in [6.45, 7) is 0. The molecule has 0 aliphatic heterocycles. The highest BCUT2D eigenvalue weighted by molar-refractivity contribution is 6.35. The third kappa shape index (κ3) is 6.16. The lowest BCUT2D eigenvalue weighted by Crippen LogP contribution is -2.18. The van der Waals surface area contributed by atoms with Crippen LogP contribution in [-0.2, 0) is 0 Å². The monoisotopic (exact) mass is 642 g/mol. The fourth-order valence-corrected chi connectivity index (χ4v) is 5.24. The van der Waals surface area contributed by atoms with Crippen molar-refractivity contribution in [2.24, 2.45) is 0 Å². The summed E-state index contributed by atoms with van der Waals surface area (Å²) in [6.07, 6.45) is -5.29. The van der Waals surface area contributed by atoms with E-state index >= 15 is 13.2 Å². The number of hydrogen-bond donors (Lipinski definition) is 0. The zero-order valence-corrected chi connectivity index (χ0v) is 22.6. The summed E-state index contributed by atoms with van der Waals surface area (Å²) in [5.41, 5.74) is -5.71. The van der Waals surface area contributed by atoms with Gasteiger partial charge in [0.1, 0.15) is 40.7 Å². The van der Waals surface area contributed by atoms with Crippen molar-refractivity contribution < 1.29 is 44.3 Å². The Morgan fingerprint density at radius 3 is 1.60 bits per heavy atom. The van der Waals surface area contributed by atoms with Gasteiger partial charge in [-0.15, -0.1) is 13.2 Å². The van der Waals surface area contributed by atoms with Crippen LogP contribution in [0.2, 0.25) is 10.0 Å². The summed E-state index contributed by atoms with van der Waals surface area (Å²) < 4.78 is 136. The standard InChI is InChI=1S/C31H13Cl2F9O/c32-16-7-14(8-17(33)11-16)25-26(15-9-19(35)12-20(36)10-15)30(39)28(22-3-1-2-4-24(22)43-31(40,41)42)27(29(25)38)21-6-5-18(34)13-23(21)37/h1-13H. The third-order valence-electron chi connectivity index (χ3n) is 6.26. The first-order valence-corrected chi connectivity index (χ1v) is 12.8. The van der Waals surface area contributed by atoms with Crippen LogP contribution in [0.15, 0.2) is 78.9 Å². The summed E-state index contributed by atoms with van der Waals surface area (Å²) in [4.78, 5) is 0. The average molecular weight is 643 g/mol. The van der Waals surface area contributed by atoms with Crippen molar-refractivity contribution in [3.8, 4) is 50.3 Å². The van der Waals surface area contributed by atoms with Crippen molar-refractivity contribution in [2.75, 3.05) is 0 Å². The summed E-state index contributed by atoms with van der Waals surface area (Å²) >= 11 is 12.2. The van der Waals surface area contributed by atoms with Crippen LogP contribution in [0.1, 0.15) is 0 Å². The van der Waals surface area contributed by atoms with Crippen LogP contribution in [0.5, 0.6) is 5.75 Å². The van der Waals surface area contributed by atoms with E-state index in [2.05, 4.69) is 4.74 Å². The molecule has 0 radical (unpaired) electrons. The summed E-state index contributed by atoms with van der Waals surface area (Å²) in [5, 5.41) is -0.137. The zero-order chi connectivity index (χ0) is 31.2. The smallest absolute Gasteiger partial charge is 0.405 e. The topological polar surface area (TPSA) is 9.23 Å². The molecule has 12 heteroatoms. The molecule has 220 valence electrons. The maximum absolute atomic E-state index is 17.0. The fraction of sp³-hybridized carbons (Fsp3) is 0.0323. The molecule has 43 heavy (non-hydrogen) atoms. The Balaban J connectivity index is 2.03. The normalized spacial score (nSPS) is 11.6. The predicted molar refractivity (Wildman–Crippen MR) is 145 cm³/mol. The van der Waals surface area contributed by atoms with Gasteiger partial charge in [0.15, 0.2) is 0 Å². The highest BCUT2D eigenvalue weighted by Crippen LogP contribution is 2.50. The first kappa shape index (κ1) is 30.3. The average Bonchev–Trinajstić information content (AvgIpc) is 2.88. The van der Waals surface area contributed by atoms with Crippen molar-refractivity contribution in [3.63, 3.8) is 0 Å². The van der Waals surface area contributed by atoms with Gasteiger partial charge in [-0.05, 0) is 59.7 Å². The molecule has 0 aliphatic carbocycles. The van der Waals surface area contributed by atoms with Crippen molar-refractivity contribution in [3.05, 3.63) is 124 Å². The molecule has 5 aromatic carbocycles. The molecule has 5 rings (SSSR count). The molecule has 5 aromatic rings. The van der Waals surface area contributed by atoms with E-state index in [1.165, 1.54) is 12.1 Å². The second kappa shape index (κ2) is 11.5. The Morgan fingerprint density at radius 1 is 0.512 bits per heavy atom. The molecule has 0 fully saturated rings. The number of para-hydroxylation sites is 1. The van der Waals surface area contributed by atoms with Crippen molar-refractivity contribution in [1.82, 2.24) is 0 Å². The first-order valence-electron chi connectivity index (χ1n) is 12.0. The highest BCUT2D eigenvalue weighted by atomic mass is 35.5. The molecule has 0 spiro atoms. The Kier molecular flexibility index (Phi) is 8.11. The van der Waals surface area contributed by atoms with E-state index in [1.54, 1.807) is 0 Å². The number of ether oxygens (including phenoxy) is 1. The van der Waals surface area contributed by atoms with E-state index in [0.717, 1.165) is 42.5 Å². The Hall–Kier alpha value is -4.15.